The van der Waals surface area contributed by atoms with Crippen molar-refractivity contribution in [1.29, 1.82) is 0 Å². The molecule has 1 rings (SSSR count). The Labute approximate surface area is 106 Å². The van der Waals surface area contributed by atoms with Gasteiger partial charge in [-0.05, 0) is 29.9 Å². The first-order chi connectivity index (χ1) is 8.30. The molecule has 0 aliphatic carbocycles. The van der Waals surface area contributed by atoms with Crippen LogP contribution in [0.15, 0.2) is 24.3 Å². The van der Waals surface area contributed by atoms with E-state index in [1.165, 1.54) is 12.1 Å². The lowest BCUT2D eigenvalue weighted by molar-refractivity contribution is -0.137. The van der Waals surface area contributed by atoms with Crippen LogP contribution in [-0.2, 0) is 12.6 Å². The van der Waals surface area contributed by atoms with Crippen molar-refractivity contribution in [2.75, 3.05) is 6.61 Å². The van der Waals surface area contributed by atoms with Crippen molar-refractivity contribution >= 4 is 0 Å². The standard InChI is InChI=1S/C14H19F3O/c1-3-7-13(2,10-18)9-11-5-4-6-12(8-11)14(15,16)17/h4-6,8,18H,3,7,9-10H2,1-2H3. The van der Waals surface area contributed by atoms with Gasteiger partial charge < -0.3 is 5.11 Å². The van der Waals surface area contributed by atoms with Crippen LogP contribution in [0.1, 0.15) is 37.8 Å². The zero-order valence-corrected chi connectivity index (χ0v) is 10.7. The van der Waals surface area contributed by atoms with Gasteiger partial charge >= 0.3 is 6.18 Å². The van der Waals surface area contributed by atoms with E-state index >= 15 is 0 Å². The van der Waals surface area contributed by atoms with Crippen molar-refractivity contribution in [3.63, 3.8) is 0 Å². The number of hydrogen-bond acceptors (Lipinski definition) is 1. The van der Waals surface area contributed by atoms with Crippen molar-refractivity contribution in [3.05, 3.63) is 35.4 Å². The van der Waals surface area contributed by atoms with E-state index < -0.39 is 11.7 Å². The van der Waals surface area contributed by atoms with Crippen LogP contribution in [0.4, 0.5) is 13.2 Å². The molecule has 1 aromatic carbocycles. The molecule has 0 saturated carbocycles. The van der Waals surface area contributed by atoms with Gasteiger partial charge in [0.1, 0.15) is 0 Å². The molecule has 0 amide bonds. The summed E-state index contributed by atoms with van der Waals surface area (Å²) in [7, 11) is 0. The normalized spacial score (nSPS) is 15.4. The summed E-state index contributed by atoms with van der Waals surface area (Å²) in [5.41, 5.74) is -0.356. The number of halogens is 3. The van der Waals surface area contributed by atoms with Crippen molar-refractivity contribution in [3.8, 4) is 0 Å². The van der Waals surface area contributed by atoms with Gasteiger partial charge in [-0.15, -0.1) is 0 Å². The molecule has 1 nitrogen and oxygen atoms in total. The van der Waals surface area contributed by atoms with Crippen molar-refractivity contribution in [2.45, 2.75) is 39.3 Å². The van der Waals surface area contributed by atoms with E-state index in [1.807, 2.05) is 13.8 Å². The molecule has 4 heteroatoms. The number of aliphatic hydroxyl groups excluding tert-OH is 1. The fourth-order valence-corrected chi connectivity index (χ4v) is 2.18. The van der Waals surface area contributed by atoms with Crippen molar-refractivity contribution in [1.82, 2.24) is 0 Å². The van der Waals surface area contributed by atoms with E-state index in [1.54, 1.807) is 6.07 Å². The van der Waals surface area contributed by atoms with Gasteiger partial charge in [0.25, 0.3) is 0 Å². The Morgan fingerprint density at radius 2 is 1.89 bits per heavy atom. The number of benzene rings is 1. The first kappa shape index (κ1) is 15.0. The molecule has 0 aromatic heterocycles. The van der Waals surface area contributed by atoms with Crippen LogP contribution >= 0.6 is 0 Å². The predicted molar refractivity (Wildman–Crippen MR) is 65.2 cm³/mol. The smallest absolute Gasteiger partial charge is 0.396 e. The highest BCUT2D eigenvalue weighted by molar-refractivity contribution is 5.26. The maximum atomic E-state index is 12.6. The van der Waals surface area contributed by atoms with E-state index in [-0.39, 0.29) is 12.0 Å². The van der Waals surface area contributed by atoms with Crippen LogP contribution in [-0.4, -0.2) is 11.7 Å². The van der Waals surface area contributed by atoms with Gasteiger partial charge in [-0.2, -0.15) is 13.2 Å². The molecule has 1 N–H and O–H groups in total. The van der Waals surface area contributed by atoms with Crippen LogP contribution in [0.5, 0.6) is 0 Å². The van der Waals surface area contributed by atoms with Gasteiger partial charge in [0.15, 0.2) is 0 Å². The maximum absolute atomic E-state index is 12.6. The first-order valence-corrected chi connectivity index (χ1v) is 6.08. The highest BCUT2D eigenvalue weighted by Gasteiger charge is 2.31. The van der Waals surface area contributed by atoms with Crippen molar-refractivity contribution in [2.24, 2.45) is 5.41 Å². The van der Waals surface area contributed by atoms with Crippen LogP contribution in [0.3, 0.4) is 0 Å². The van der Waals surface area contributed by atoms with Gasteiger partial charge in [-0.25, -0.2) is 0 Å². The summed E-state index contributed by atoms with van der Waals surface area (Å²) >= 11 is 0. The Morgan fingerprint density at radius 3 is 2.39 bits per heavy atom. The topological polar surface area (TPSA) is 20.2 Å². The molecule has 0 saturated heterocycles. The summed E-state index contributed by atoms with van der Waals surface area (Å²) in [4.78, 5) is 0. The lowest BCUT2D eigenvalue weighted by Crippen LogP contribution is -2.24. The Kier molecular flexibility index (Phi) is 4.79. The van der Waals surface area contributed by atoms with Gasteiger partial charge in [0.05, 0.1) is 5.56 Å². The van der Waals surface area contributed by atoms with Gasteiger partial charge in [0.2, 0.25) is 0 Å². The predicted octanol–water partition coefficient (Wildman–Crippen LogP) is 4.05. The van der Waals surface area contributed by atoms with Gasteiger partial charge in [-0.1, -0.05) is 38.5 Å². The minimum atomic E-state index is -4.31. The maximum Gasteiger partial charge on any atom is 0.416 e. The first-order valence-electron chi connectivity index (χ1n) is 6.08. The Morgan fingerprint density at radius 1 is 1.22 bits per heavy atom. The minimum Gasteiger partial charge on any atom is -0.396 e. The lowest BCUT2D eigenvalue weighted by atomic mass is 9.80. The van der Waals surface area contributed by atoms with E-state index in [0.717, 1.165) is 18.9 Å². The number of hydrogen-bond donors (Lipinski definition) is 1. The third-order valence-corrected chi connectivity index (χ3v) is 3.12. The Hall–Kier alpha value is -1.03. The van der Waals surface area contributed by atoms with Gasteiger partial charge in [-0.3, -0.25) is 0 Å². The van der Waals surface area contributed by atoms with Crippen LogP contribution in [0.2, 0.25) is 0 Å². The zero-order chi connectivity index (χ0) is 13.8. The van der Waals surface area contributed by atoms with Gasteiger partial charge in [0, 0.05) is 6.61 Å². The van der Waals surface area contributed by atoms with Crippen LogP contribution in [0, 0.1) is 5.41 Å². The summed E-state index contributed by atoms with van der Waals surface area (Å²) in [6.07, 6.45) is -2.16. The molecule has 0 heterocycles. The number of rotatable bonds is 5. The van der Waals surface area contributed by atoms with Crippen LogP contribution in [0.25, 0.3) is 0 Å². The second kappa shape index (κ2) is 5.74. The second-order valence-electron chi connectivity index (χ2n) is 5.09. The molecule has 102 valence electrons. The molecule has 1 atom stereocenters. The average molecular weight is 260 g/mol. The molecule has 0 bridgehead atoms. The van der Waals surface area contributed by atoms with Crippen LogP contribution < -0.4 is 0 Å². The average Bonchev–Trinajstić information content (AvgIpc) is 2.28. The molecule has 1 aromatic rings. The minimum absolute atomic E-state index is 0.0168. The summed E-state index contributed by atoms with van der Waals surface area (Å²) in [5, 5.41) is 9.38. The summed E-state index contributed by atoms with van der Waals surface area (Å²) in [6, 6.07) is 5.34. The summed E-state index contributed by atoms with van der Waals surface area (Å²) < 4.78 is 37.7. The third-order valence-electron chi connectivity index (χ3n) is 3.12. The SMILES string of the molecule is CCCC(C)(CO)Cc1cccc(C(F)(F)F)c1. The quantitative estimate of drug-likeness (QED) is 0.847. The molecule has 18 heavy (non-hydrogen) atoms. The molecule has 1 unspecified atom stereocenters. The second-order valence-corrected chi connectivity index (χ2v) is 5.09. The molecule has 0 spiro atoms. The fourth-order valence-electron chi connectivity index (χ4n) is 2.18. The number of aliphatic hydroxyl groups is 1. The highest BCUT2D eigenvalue weighted by Crippen LogP contribution is 2.32. The molecule has 0 aliphatic rings. The summed E-state index contributed by atoms with van der Waals surface area (Å²) in [6.45, 7) is 3.88. The highest BCUT2D eigenvalue weighted by atomic mass is 19.4. The zero-order valence-electron chi connectivity index (χ0n) is 10.7. The molecular formula is C14H19F3O. The molecular weight excluding hydrogens is 241 g/mol. The Balaban J connectivity index is 2.91. The lowest BCUT2D eigenvalue weighted by Gasteiger charge is -2.27. The molecule has 0 aliphatic heterocycles. The molecule has 0 fully saturated rings. The fraction of sp³-hybridized carbons (Fsp3) is 0.571. The van der Waals surface area contributed by atoms with E-state index in [9.17, 15) is 18.3 Å². The Bertz CT molecular complexity index is 387. The summed E-state index contributed by atoms with van der Waals surface area (Å²) in [5.74, 6) is 0. The molecule has 0 radical (unpaired) electrons. The monoisotopic (exact) mass is 260 g/mol. The number of alkyl halides is 3. The van der Waals surface area contributed by atoms with E-state index in [4.69, 9.17) is 0 Å². The van der Waals surface area contributed by atoms with Crippen molar-refractivity contribution < 1.29 is 18.3 Å². The third kappa shape index (κ3) is 4.02. The van der Waals surface area contributed by atoms with E-state index in [2.05, 4.69) is 0 Å². The van der Waals surface area contributed by atoms with E-state index in [0.29, 0.717) is 12.0 Å². The largest absolute Gasteiger partial charge is 0.416 e.